The molecule has 3 rings (SSSR count). The number of halogens is 2. The van der Waals surface area contributed by atoms with Crippen LogP contribution in [0.25, 0.3) is 10.8 Å². The highest BCUT2D eigenvalue weighted by Gasteiger charge is 2.17. The molecule has 1 heterocycles. The van der Waals surface area contributed by atoms with E-state index in [1.807, 2.05) is 19.1 Å². The SMILES string of the molecule is Cc1ccccc1NS(=O)(=O)c1ccc2c(Cl)cnc(Cl)c2c1. The zero-order chi connectivity index (χ0) is 16.6. The average molecular weight is 367 g/mol. The normalized spacial score (nSPS) is 11.6. The highest BCUT2D eigenvalue weighted by Crippen LogP contribution is 2.30. The first kappa shape index (κ1) is 16.1. The number of fused-ring (bicyclic) bond motifs is 1. The molecule has 0 unspecified atom stereocenters. The number of rotatable bonds is 3. The summed E-state index contributed by atoms with van der Waals surface area (Å²) >= 11 is 12.1. The first-order valence-electron chi connectivity index (χ1n) is 6.71. The molecule has 4 nitrogen and oxygen atoms in total. The number of benzene rings is 2. The molecule has 7 heteroatoms. The van der Waals surface area contributed by atoms with E-state index >= 15 is 0 Å². The Hall–Kier alpha value is -1.82. The van der Waals surface area contributed by atoms with Gasteiger partial charge in [0.15, 0.2) is 0 Å². The average Bonchev–Trinajstić information content (AvgIpc) is 2.53. The third-order valence-electron chi connectivity index (χ3n) is 3.46. The number of sulfonamides is 1. The molecular weight excluding hydrogens is 355 g/mol. The molecule has 0 bridgehead atoms. The van der Waals surface area contributed by atoms with E-state index in [-0.39, 0.29) is 10.0 Å². The monoisotopic (exact) mass is 366 g/mol. The Kier molecular flexibility index (Phi) is 4.19. The molecular formula is C16H12Cl2N2O2S. The maximum Gasteiger partial charge on any atom is 0.261 e. The molecule has 0 radical (unpaired) electrons. The van der Waals surface area contributed by atoms with Gasteiger partial charge in [-0.1, -0.05) is 47.5 Å². The van der Waals surface area contributed by atoms with Crippen LogP contribution in [0.4, 0.5) is 5.69 Å². The molecule has 1 N–H and O–H groups in total. The standard InChI is InChI=1S/C16H12Cl2N2O2S/c1-10-4-2-3-5-15(10)20-23(21,22)11-6-7-12-13(8-11)16(18)19-9-14(12)17/h2-9,20H,1H3. The van der Waals surface area contributed by atoms with Gasteiger partial charge in [-0.2, -0.15) is 0 Å². The molecule has 0 amide bonds. The Morgan fingerprint density at radius 3 is 2.52 bits per heavy atom. The van der Waals surface area contributed by atoms with E-state index < -0.39 is 10.0 Å². The minimum Gasteiger partial charge on any atom is -0.279 e. The van der Waals surface area contributed by atoms with Crippen LogP contribution in [0, 0.1) is 6.92 Å². The zero-order valence-electron chi connectivity index (χ0n) is 12.0. The highest BCUT2D eigenvalue weighted by molar-refractivity contribution is 7.92. The van der Waals surface area contributed by atoms with Crippen molar-refractivity contribution in [2.75, 3.05) is 4.72 Å². The number of anilines is 1. The van der Waals surface area contributed by atoms with Crippen molar-refractivity contribution in [2.24, 2.45) is 0 Å². The predicted octanol–water partition coefficient (Wildman–Crippen LogP) is 4.65. The largest absolute Gasteiger partial charge is 0.279 e. The van der Waals surface area contributed by atoms with Crippen molar-refractivity contribution in [2.45, 2.75) is 11.8 Å². The van der Waals surface area contributed by atoms with Crippen LogP contribution in [0.5, 0.6) is 0 Å². The van der Waals surface area contributed by atoms with Gasteiger partial charge in [-0.05, 0) is 30.7 Å². The first-order valence-corrected chi connectivity index (χ1v) is 8.94. The smallest absolute Gasteiger partial charge is 0.261 e. The fourth-order valence-corrected chi connectivity index (χ4v) is 3.79. The van der Waals surface area contributed by atoms with Crippen LogP contribution < -0.4 is 4.72 Å². The molecule has 0 spiro atoms. The van der Waals surface area contributed by atoms with Crippen molar-refractivity contribution in [3.05, 3.63) is 64.4 Å². The van der Waals surface area contributed by atoms with Crippen molar-refractivity contribution in [1.82, 2.24) is 4.98 Å². The topological polar surface area (TPSA) is 59.1 Å². The van der Waals surface area contributed by atoms with Crippen LogP contribution in [0.3, 0.4) is 0 Å². The molecule has 0 aliphatic rings. The Morgan fingerprint density at radius 1 is 1.04 bits per heavy atom. The number of para-hydroxylation sites is 1. The highest BCUT2D eigenvalue weighted by atomic mass is 35.5. The first-order chi connectivity index (χ1) is 10.9. The van der Waals surface area contributed by atoms with Crippen molar-refractivity contribution in [3.63, 3.8) is 0 Å². The van der Waals surface area contributed by atoms with Gasteiger partial charge in [-0.15, -0.1) is 0 Å². The molecule has 0 saturated heterocycles. The second kappa shape index (κ2) is 6.00. The molecule has 118 valence electrons. The van der Waals surface area contributed by atoms with E-state index in [1.54, 1.807) is 18.2 Å². The Balaban J connectivity index is 2.09. The summed E-state index contributed by atoms with van der Waals surface area (Å²) in [6, 6.07) is 11.7. The molecule has 0 aliphatic carbocycles. The van der Waals surface area contributed by atoms with Gasteiger partial charge in [0, 0.05) is 17.0 Å². The lowest BCUT2D eigenvalue weighted by molar-refractivity contribution is 0.601. The molecule has 3 aromatic rings. The molecule has 0 aliphatic heterocycles. The van der Waals surface area contributed by atoms with E-state index in [0.29, 0.717) is 21.5 Å². The van der Waals surface area contributed by atoms with Crippen molar-refractivity contribution in [3.8, 4) is 0 Å². The summed E-state index contributed by atoms with van der Waals surface area (Å²) in [5.41, 5.74) is 1.36. The minimum absolute atomic E-state index is 0.0965. The van der Waals surface area contributed by atoms with Crippen molar-refractivity contribution < 1.29 is 8.42 Å². The summed E-state index contributed by atoms with van der Waals surface area (Å²) in [6.07, 6.45) is 1.44. The van der Waals surface area contributed by atoms with Gasteiger partial charge in [0.1, 0.15) is 5.15 Å². The summed E-state index contributed by atoms with van der Waals surface area (Å²) in [5, 5.41) is 1.77. The number of aryl methyl sites for hydroxylation is 1. The summed E-state index contributed by atoms with van der Waals surface area (Å²) < 4.78 is 27.7. The van der Waals surface area contributed by atoms with Crippen LogP contribution >= 0.6 is 23.2 Å². The van der Waals surface area contributed by atoms with E-state index in [0.717, 1.165) is 5.56 Å². The molecule has 1 aromatic heterocycles. The minimum atomic E-state index is -3.74. The Bertz CT molecular complexity index is 1000. The second-order valence-corrected chi connectivity index (χ2v) is 7.47. The third kappa shape index (κ3) is 3.13. The van der Waals surface area contributed by atoms with Gasteiger partial charge >= 0.3 is 0 Å². The van der Waals surface area contributed by atoms with Crippen LogP contribution in [0.2, 0.25) is 10.2 Å². The third-order valence-corrected chi connectivity index (χ3v) is 5.43. The van der Waals surface area contributed by atoms with E-state index in [1.165, 1.54) is 18.3 Å². The number of pyridine rings is 1. The van der Waals surface area contributed by atoms with Gasteiger partial charge in [-0.3, -0.25) is 4.72 Å². The van der Waals surface area contributed by atoms with E-state index in [2.05, 4.69) is 9.71 Å². The van der Waals surface area contributed by atoms with Crippen LogP contribution in [-0.2, 0) is 10.0 Å². The lowest BCUT2D eigenvalue weighted by Crippen LogP contribution is -2.13. The Labute approximate surface area is 144 Å². The second-order valence-electron chi connectivity index (χ2n) is 5.02. The molecule has 0 fully saturated rings. The van der Waals surface area contributed by atoms with E-state index in [9.17, 15) is 8.42 Å². The summed E-state index contributed by atoms with van der Waals surface area (Å²) in [5.74, 6) is 0. The summed E-state index contributed by atoms with van der Waals surface area (Å²) in [7, 11) is -3.74. The van der Waals surface area contributed by atoms with Crippen LogP contribution in [-0.4, -0.2) is 13.4 Å². The fourth-order valence-electron chi connectivity index (χ4n) is 2.21. The van der Waals surface area contributed by atoms with Crippen molar-refractivity contribution in [1.29, 1.82) is 0 Å². The van der Waals surface area contributed by atoms with Crippen LogP contribution in [0.15, 0.2) is 53.6 Å². The quantitative estimate of drug-likeness (QED) is 0.686. The van der Waals surface area contributed by atoms with E-state index in [4.69, 9.17) is 23.2 Å². The number of hydrogen-bond acceptors (Lipinski definition) is 3. The van der Waals surface area contributed by atoms with Gasteiger partial charge in [0.05, 0.1) is 15.6 Å². The molecule has 0 saturated carbocycles. The Morgan fingerprint density at radius 2 is 1.78 bits per heavy atom. The number of aromatic nitrogens is 1. The van der Waals surface area contributed by atoms with Gasteiger partial charge in [-0.25, -0.2) is 13.4 Å². The van der Waals surface area contributed by atoms with Gasteiger partial charge < -0.3 is 0 Å². The van der Waals surface area contributed by atoms with Gasteiger partial charge in [0.25, 0.3) is 10.0 Å². The molecule has 0 atom stereocenters. The maximum atomic E-state index is 12.6. The van der Waals surface area contributed by atoms with Crippen molar-refractivity contribution >= 4 is 49.7 Å². The number of nitrogens with one attached hydrogen (secondary N) is 1. The molecule has 23 heavy (non-hydrogen) atoms. The number of hydrogen-bond donors (Lipinski definition) is 1. The van der Waals surface area contributed by atoms with Crippen LogP contribution in [0.1, 0.15) is 5.56 Å². The maximum absolute atomic E-state index is 12.6. The summed E-state index contributed by atoms with van der Waals surface area (Å²) in [6.45, 7) is 1.83. The summed E-state index contributed by atoms with van der Waals surface area (Å²) in [4.78, 5) is 4.04. The predicted molar refractivity (Wildman–Crippen MR) is 93.8 cm³/mol. The lowest BCUT2D eigenvalue weighted by atomic mass is 10.2. The zero-order valence-corrected chi connectivity index (χ0v) is 14.4. The number of nitrogens with zero attached hydrogens (tertiary/aromatic N) is 1. The van der Waals surface area contributed by atoms with Gasteiger partial charge in [0.2, 0.25) is 0 Å². The fraction of sp³-hybridized carbons (Fsp3) is 0.0625. The molecule has 2 aromatic carbocycles. The lowest BCUT2D eigenvalue weighted by Gasteiger charge is -2.11.